The lowest BCUT2D eigenvalue weighted by Crippen LogP contribution is -2.25. The van der Waals surface area contributed by atoms with Gasteiger partial charge in [0.15, 0.2) is 0 Å². The zero-order chi connectivity index (χ0) is 16.1. The first-order chi connectivity index (χ1) is 10.5. The van der Waals surface area contributed by atoms with Crippen molar-refractivity contribution in [2.24, 2.45) is 5.11 Å². The quantitative estimate of drug-likeness (QED) is 0.458. The van der Waals surface area contributed by atoms with Crippen LogP contribution in [-0.2, 0) is 16.1 Å². The van der Waals surface area contributed by atoms with Crippen LogP contribution in [0.15, 0.2) is 23.3 Å². The van der Waals surface area contributed by atoms with Crippen LogP contribution in [0.25, 0.3) is 10.4 Å². The lowest BCUT2D eigenvalue weighted by molar-refractivity contribution is -0.117. The first-order valence-corrected chi connectivity index (χ1v) is 6.78. The Kier molecular flexibility index (Phi) is 4.95. The molecule has 7 nitrogen and oxygen atoms in total. The monoisotopic (exact) mass is 306 g/mol. The lowest BCUT2D eigenvalue weighted by Gasteiger charge is -2.14. The number of ketones is 1. The highest BCUT2D eigenvalue weighted by Gasteiger charge is 2.33. The summed E-state index contributed by atoms with van der Waals surface area (Å²) in [4.78, 5) is 26.6. The minimum absolute atomic E-state index is 0.0167. The van der Waals surface area contributed by atoms with Crippen LogP contribution in [-0.4, -0.2) is 24.5 Å². The third kappa shape index (κ3) is 3.73. The van der Waals surface area contributed by atoms with Crippen LogP contribution < -0.4 is 4.90 Å². The maximum atomic E-state index is 14.1. The number of cyclic esters (lactones) is 1. The van der Waals surface area contributed by atoms with Gasteiger partial charge in [-0.25, -0.2) is 9.18 Å². The molecule has 1 fully saturated rings. The molecule has 1 saturated heterocycles. The molecule has 0 radical (unpaired) electrons. The van der Waals surface area contributed by atoms with Gasteiger partial charge in [-0.3, -0.25) is 4.90 Å². The highest BCUT2D eigenvalue weighted by Crippen LogP contribution is 2.27. The van der Waals surface area contributed by atoms with Gasteiger partial charge in [0.1, 0.15) is 17.7 Å². The normalized spacial score (nSPS) is 17.1. The van der Waals surface area contributed by atoms with E-state index < -0.39 is 18.0 Å². The molecule has 1 atom stereocenters. The number of ether oxygens (including phenoxy) is 1. The SMILES string of the molecule is CC(=O)CC[C@H]1CN(c2ccc(CN=[N+]=[N-])cc2F)C(=O)O1. The molecule has 0 spiro atoms. The second kappa shape index (κ2) is 6.91. The minimum atomic E-state index is -0.629. The van der Waals surface area contributed by atoms with Crippen molar-refractivity contribution in [1.82, 2.24) is 0 Å². The zero-order valence-corrected chi connectivity index (χ0v) is 12.0. The van der Waals surface area contributed by atoms with Crippen molar-refractivity contribution in [2.45, 2.75) is 32.4 Å². The number of halogens is 1. The van der Waals surface area contributed by atoms with Gasteiger partial charge in [-0.05, 0) is 36.6 Å². The summed E-state index contributed by atoms with van der Waals surface area (Å²) < 4.78 is 19.2. The molecule has 2 rings (SSSR count). The van der Waals surface area contributed by atoms with E-state index in [1.165, 1.54) is 24.0 Å². The van der Waals surface area contributed by atoms with Gasteiger partial charge in [-0.15, -0.1) is 0 Å². The van der Waals surface area contributed by atoms with Crippen LogP contribution in [0.3, 0.4) is 0 Å². The van der Waals surface area contributed by atoms with E-state index in [9.17, 15) is 14.0 Å². The second-order valence-corrected chi connectivity index (χ2v) is 5.03. The van der Waals surface area contributed by atoms with Crippen LogP contribution in [0.1, 0.15) is 25.3 Å². The molecule has 0 aromatic heterocycles. The number of rotatable bonds is 6. The molecule has 1 aliphatic heterocycles. The van der Waals surface area contributed by atoms with E-state index in [-0.39, 0.29) is 24.6 Å². The van der Waals surface area contributed by atoms with Gasteiger partial charge in [0.2, 0.25) is 0 Å². The molecule has 1 heterocycles. The molecule has 116 valence electrons. The largest absolute Gasteiger partial charge is 0.444 e. The second-order valence-electron chi connectivity index (χ2n) is 5.03. The minimum Gasteiger partial charge on any atom is -0.444 e. The maximum absolute atomic E-state index is 14.1. The number of Topliss-reactive ketones (excluding diaryl/α,β-unsaturated/α-hetero) is 1. The van der Waals surface area contributed by atoms with Crippen molar-refractivity contribution in [1.29, 1.82) is 0 Å². The van der Waals surface area contributed by atoms with Gasteiger partial charge in [0.05, 0.1) is 18.8 Å². The summed E-state index contributed by atoms with van der Waals surface area (Å²) in [5.74, 6) is -0.571. The Morgan fingerprint density at radius 1 is 1.59 bits per heavy atom. The van der Waals surface area contributed by atoms with E-state index >= 15 is 0 Å². The van der Waals surface area contributed by atoms with Gasteiger partial charge in [0, 0.05) is 11.3 Å². The third-order valence-corrected chi connectivity index (χ3v) is 3.31. The topological polar surface area (TPSA) is 95.4 Å². The van der Waals surface area contributed by atoms with Gasteiger partial charge in [-0.1, -0.05) is 11.2 Å². The smallest absolute Gasteiger partial charge is 0.414 e. The molecule has 1 aromatic rings. The molecule has 1 aromatic carbocycles. The molecular formula is C14H15FN4O3. The van der Waals surface area contributed by atoms with Gasteiger partial charge < -0.3 is 9.53 Å². The van der Waals surface area contributed by atoms with E-state index in [2.05, 4.69) is 10.0 Å². The molecule has 1 aliphatic rings. The maximum Gasteiger partial charge on any atom is 0.414 e. The average molecular weight is 306 g/mol. The highest BCUT2D eigenvalue weighted by molar-refractivity contribution is 5.90. The summed E-state index contributed by atoms with van der Waals surface area (Å²) in [6, 6.07) is 4.26. The molecule has 0 aliphatic carbocycles. The fraction of sp³-hybridized carbons (Fsp3) is 0.429. The fourth-order valence-electron chi connectivity index (χ4n) is 2.21. The van der Waals surface area contributed by atoms with Crippen molar-refractivity contribution >= 4 is 17.6 Å². The predicted octanol–water partition coefficient (Wildman–Crippen LogP) is 3.33. The number of anilines is 1. The molecule has 0 unspecified atom stereocenters. The van der Waals surface area contributed by atoms with Gasteiger partial charge in [-0.2, -0.15) is 0 Å². The van der Waals surface area contributed by atoms with Crippen molar-refractivity contribution in [3.8, 4) is 0 Å². The summed E-state index contributed by atoms with van der Waals surface area (Å²) in [6.07, 6.45) is -0.304. The zero-order valence-electron chi connectivity index (χ0n) is 12.0. The number of hydrogen-bond donors (Lipinski definition) is 0. The summed E-state index contributed by atoms with van der Waals surface area (Å²) in [5.41, 5.74) is 8.87. The highest BCUT2D eigenvalue weighted by atomic mass is 19.1. The molecule has 22 heavy (non-hydrogen) atoms. The number of hydrogen-bond acceptors (Lipinski definition) is 4. The Labute approximate surface area is 126 Å². The van der Waals surface area contributed by atoms with E-state index in [1.807, 2.05) is 0 Å². The number of azide groups is 1. The molecule has 0 saturated carbocycles. The Morgan fingerprint density at radius 2 is 2.36 bits per heavy atom. The van der Waals surface area contributed by atoms with Crippen LogP contribution in [0, 0.1) is 5.82 Å². The Hall–Kier alpha value is -2.60. The summed E-state index contributed by atoms with van der Waals surface area (Å²) in [7, 11) is 0. The standard InChI is InChI=1S/C14H15FN4O3/c1-9(20)2-4-11-8-19(14(21)22-11)13-5-3-10(6-12(13)15)7-17-18-16/h3,5-6,11H,2,4,7-8H2,1H3/t11-/m0/s1. The van der Waals surface area contributed by atoms with E-state index in [4.69, 9.17) is 10.3 Å². The predicted molar refractivity (Wildman–Crippen MR) is 76.8 cm³/mol. The number of carbonyl (C=O) groups excluding carboxylic acids is 2. The van der Waals surface area contributed by atoms with E-state index in [0.717, 1.165) is 0 Å². The summed E-state index contributed by atoms with van der Waals surface area (Å²) >= 11 is 0. The fourth-order valence-corrected chi connectivity index (χ4v) is 2.21. The van der Waals surface area contributed by atoms with Crippen molar-refractivity contribution in [3.63, 3.8) is 0 Å². The summed E-state index contributed by atoms with van der Waals surface area (Å²) in [5, 5.41) is 3.35. The van der Waals surface area contributed by atoms with Crippen LogP contribution in [0.4, 0.5) is 14.9 Å². The number of nitrogens with zero attached hydrogens (tertiary/aromatic N) is 4. The van der Waals surface area contributed by atoms with Crippen molar-refractivity contribution in [3.05, 3.63) is 40.0 Å². The van der Waals surface area contributed by atoms with Crippen LogP contribution >= 0.6 is 0 Å². The van der Waals surface area contributed by atoms with E-state index in [1.54, 1.807) is 6.07 Å². The van der Waals surface area contributed by atoms with Gasteiger partial charge >= 0.3 is 6.09 Å². The molecule has 1 amide bonds. The average Bonchev–Trinajstić information content (AvgIpc) is 2.84. The Bertz CT molecular complexity index is 643. The summed E-state index contributed by atoms with van der Waals surface area (Å²) in [6.45, 7) is 1.72. The van der Waals surface area contributed by atoms with Crippen molar-refractivity contribution < 1.29 is 18.7 Å². The molecule has 0 bridgehead atoms. The molecular weight excluding hydrogens is 291 g/mol. The number of amides is 1. The number of carbonyl (C=O) groups is 2. The first kappa shape index (κ1) is 15.8. The Balaban J connectivity index is 2.09. The molecule has 8 heteroatoms. The number of benzene rings is 1. The molecule has 0 N–H and O–H groups in total. The van der Waals surface area contributed by atoms with Gasteiger partial charge in [0.25, 0.3) is 0 Å². The van der Waals surface area contributed by atoms with Crippen molar-refractivity contribution in [2.75, 3.05) is 11.4 Å². The first-order valence-electron chi connectivity index (χ1n) is 6.78. The third-order valence-electron chi connectivity index (χ3n) is 3.31. The lowest BCUT2D eigenvalue weighted by atomic mass is 10.1. The van der Waals surface area contributed by atoms with Crippen LogP contribution in [0.5, 0.6) is 0 Å². The van der Waals surface area contributed by atoms with Crippen LogP contribution in [0.2, 0.25) is 0 Å². The van der Waals surface area contributed by atoms with E-state index in [0.29, 0.717) is 18.4 Å². The Morgan fingerprint density at radius 3 is 3.00 bits per heavy atom.